The Balaban J connectivity index is 1.97. The number of rotatable bonds is 6. The van der Waals surface area contributed by atoms with Gasteiger partial charge in [-0.05, 0) is 12.1 Å². The Morgan fingerprint density at radius 2 is 2.12 bits per heavy atom. The van der Waals surface area contributed by atoms with Crippen molar-refractivity contribution in [1.82, 2.24) is 14.9 Å². The van der Waals surface area contributed by atoms with E-state index >= 15 is 0 Å². The summed E-state index contributed by atoms with van der Waals surface area (Å²) in [5.74, 6) is 0.423. The molecule has 0 bridgehead atoms. The fourth-order valence-electron chi connectivity index (χ4n) is 2.63. The predicted octanol–water partition coefficient (Wildman–Crippen LogP) is 2.11. The van der Waals surface area contributed by atoms with Crippen LogP contribution in [-0.2, 0) is 7.05 Å². The summed E-state index contributed by atoms with van der Waals surface area (Å²) in [6.07, 6.45) is 3.47. The number of carbonyl (C=O) groups excluding carboxylic acids is 2. The molecular formula is C18H18N4O3S. The van der Waals surface area contributed by atoms with Crippen molar-refractivity contribution in [3.05, 3.63) is 69.9 Å². The molecule has 2 aromatic heterocycles. The van der Waals surface area contributed by atoms with E-state index in [-0.39, 0.29) is 5.91 Å². The second kappa shape index (κ2) is 7.40. The number of benzene rings is 1. The fourth-order valence-corrected chi connectivity index (χ4v) is 3.43. The SMILES string of the molecule is COc1ccccc1C(NC(=O)c1cc(C(N)=O)cs1)c1nccn1C. The monoisotopic (exact) mass is 370 g/mol. The maximum Gasteiger partial charge on any atom is 0.262 e. The summed E-state index contributed by atoms with van der Waals surface area (Å²) in [5.41, 5.74) is 6.35. The number of carbonyl (C=O) groups is 2. The lowest BCUT2D eigenvalue weighted by molar-refractivity contribution is 0.0944. The molecule has 8 heteroatoms. The molecule has 1 atom stereocenters. The van der Waals surface area contributed by atoms with Crippen molar-refractivity contribution >= 4 is 23.2 Å². The molecular weight excluding hydrogens is 352 g/mol. The van der Waals surface area contributed by atoms with Crippen molar-refractivity contribution in [2.75, 3.05) is 7.11 Å². The number of imidazole rings is 1. The van der Waals surface area contributed by atoms with Crippen molar-refractivity contribution in [2.24, 2.45) is 12.8 Å². The van der Waals surface area contributed by atoms with Crippen molar-refractivity contribution in [3.8, 4) is 5.75 Å². The van der Waals surface area contributed by atoms with Gasteiger partial charge < -0.3 is 20.4 Å². The zero-order valence-electron chi connectivity index (χ0n) is 14.3. The van der Waals surface area contributed by atoms with E-state index < -0.39 is 11.9 Å². The van der Waals surface area contributed by atoms with Gasteiger partial charge in [-0.3, -0.25) is 9.59 Å². The molecule has 0 aliphatic rings. The van der Waals surface area contributed by atoms with Crippen LogP contribution in [0.1, 0.15) is 37.5 Å². The first kappa shape index (κ1) is 17.7. The zero-order valence-corrected chi connectivity index (χ0v) is 15.1. The Kier molecular flexibility index (Phi) is 5.04. The van der Waals surface area contributed by atoms with Gasteiger partial charge in [0.05, 0.1) is 17.6 Å². The molecule has 0 saturated carbocycles. The first-order chi connectivity index (χ1) is 12.5. The molecule has 0 aliphatic heterocycles. The zero-order chi connectivity index (χ0) is 18.7. The molecule has 2 amide bonds. The number of para-hydroxylation sites is 1. The van der Waals surface area contributed by atoms with Crippen LogP contribution in [0.2, 0.25) is 0 Å². The summed E-state index contributed by atoms with van der Waals surface area (Å²) in [7, 11) is 3.43. The number of aryl methyl sites for hydroxylation is 1. The molecule has 7 nitrogen and oxygen atoms in total. The Morgan fingerprint density at radius 3 is 2.73 bits per heavy atom. The molecule has 134 valence electrons. The smallest absolute Gasteiger partial charge is 0.262 e. The summed E-state index contributed by atoms with van der Waals surface area (Å²) in [5, 5.41) is 4.54. The highest BCUT2D eigenvalue weighted by atomic mass is 32.1. The summed E-state index contributed by atoms with van der Waals surface area (Å²) in [4.78, 5) is 28.8. The van der Waals surface area contributed by atoms with E-state index in [0.29, 0.717) is 22.0 Å². The van der Waals surface area contributed by atoms with E-state index in [1.165, 1.54) is 6.07 Å². The Labute approximate surface area is 154 Å². The van der Waals surface area contributed by atoms with Gasteiger partial charge in [0.1, 0.15) is 17.6 Å². The van der Waals surface area contributed by atoms with Crippen LogP contribution in [0.15, 0.2) is 48.1 Å². The lowest BCUT2D eigenvalue weighted by Crippen LogP contribution is -2.31. The lowest BCUT2D eigenvalue weighted by atomic mass is 10.0. The van der Waals surface area contributed by atoms with Crippen LogP contribution in [0.4, 0.5) is 0 Å². The van der Waals surface area contributed by atoms with Gasteiger partial charge in [0.2, 0.25) is 5.91 Å². The minimum atomic E-state index is -0.564. The number of nitrogens with one attached hydrogen (secondary N) is 1. The molecule has 0 fully saturated rings. The lowest BCUT2D eigenvalue weighted by Gasteiger charge is -2.21. The number of hydrogen-bond acceptors (Lipinski definition) is 5. The number of nitrogens with zero attached hydrogens (tertiary/aromatic N) is 2. The molecule has 3 rings (SSSR count). The van der Waals surface area contributed by atoms with E-state index in [1.807, 2.05) is 35.9 Å². The van der Waals surface area contributed by atoms with Gasteiger partial charge in [0, 0.05) is 30.4 Å². The minimum Gasteiger partial charge on any atom is -0.496 e. The van der Waals surface area contributed by atoms with Gasteiger partial charge in [-0.2, -0.15) is 0 Å². The van der Waals surface area contributed by atoms with Gasteiger partial charge in [-0.1, -0.05) is 18.2 Å². The first-order valence-electron chi connectivity index (χ1n) is 7.80. The van der Waals surface area contributed by atoms with Gasteiger partial charge in [-0.15, -0.1) is 11.3 Å². The van der Waals surface area contributed by atoms with Crippen molar-refractivity contribution in [3.63, 3.8) is 0 Å². The second-order valence-corrected chi connectivity index (χ2v) is 6.52. The van der Waals surface area contributed by atoms with Crippen LogP contribution in [0, 0.1) is 0 Å². The van der Waals surface area contributed by atoms with E-state index in [0.717, 1.165) is 16.9 Å². The first-order valence-corrected chi connectivity index (χ1v) is 8.68. The summed E-state index contributed by atoms with van der Waals surface area (Å²) < 4.78 is 7.27. The minimum absolute atomic E-state index is 0.311. The van der Waals surface area contributed by atoms with Crippen LogP contribution >= 0.6 is 11.3 Å². The third-order valence-electron chi connectivity index (χ3n) is 3.95. The van der Waals surface area contributed by atoms with E-state index in [9.17, 15) is 9.59 Å². The third-order valence-corrected chi connectivity index (χ3v) is 4.88. The van der Waals surface area contributed by atoms with E-state index in [4.69, 9.17) is 10.5 Å². The van der Waals surface area contributed by atoms with E-state index in [1.54, 1.807) is 24.9 Å². The molecule has 26 heavy (non-hydrogen) atoms. The molecule has 1 aromatic carbocycles. The molecule has 2 heterocycles. The Bertz CT molecular complexity index is 947. The number of methoxy groups -OCH3 is 1. The quantitative estimate of drug-likeness (QED) is 0.694. The molecule has 0 radical (unpaired) electrons. The molecule has 0 saturated heterocycles. The van der Waals surface area contributed by atoms with Gasteiger partial charge >= 0.3 is 0 Å². The van der Waals surface area contributed by atoms with Crippen molar-refractivity contribution in [2.45, 2.75) is 6.04 Å². The Morgan fingerprint density at radius 1 is 1.35 bits per heavy atom. The van der Waals surface area contributed by atoms with Crippen LogP contribution in [0.25, 0.3) is 0 Å². The summed E-state index contributed by atoms with van der Waals surface area (Å²) in [6, 6.07) is 8.40. The highest BCUT2D eigenvalue weighted by Crippen LogP contribution is 2.29. The van der Waals surface area contributed by atoms with Crippen molar-refractivity contribution in [1.29, 1.82) is 0 Å². The number of amides is 2. The van der Waals surface area contributed by atoms with E-state index in [2.05, 4.69) is 10.3 Å². The molecule has 0 spiro atoms. The molecule has 3 N–H and O–H groups in total. The fraction of sp³-hybridized carbons (Fsp3) is 0.167. The number of ether oxygens (including phenoxy) is 1. The molecule has 1 unspecified atom stereocenters. The maximum absolute atomic E-state index is 12.7. The van der Waals surface area contributed by atoms with Gasteiger partial charge in [0.15, 0.2) is 0 Å². The molecule has 0 aliphatic carbocycles. The number of nitrogens with two attached hydrogens (primary N) is 1. The van der Waals surface area contributed by atoms with Crippen molar-refractivity contribution < 1.29 is 14.3 Å². The average Bonchev–Trinajstić information content (AvgIpc) is 3.29. The molecule has 3 aromatic rings. The maximum atomic E-state index is 12.7. The standard InChI is InChI=1S/C18H18N4O3S/c1-22-8-7-20-17(22)15(12-5-3-4-6-13(12)25-2)21-18(24)14-9-11(10-26-14)16(19)23/h3-10,15H,1-2H3,(H2,19,23)(H,21,24). The summed E-state index contributed by atoms with van der Waals surface area (Å²) >= 11 is 1.16. The van der Waals surface area contributed by atoms with Crippen LogP contribution in [-0.4, -0.2) is 28.5 Å². The average molecular weight is 370 g/mol. The third kappa shape index (κ3) is 3.45. The number of primary amides is 1. The second-order valence-electron chi connectivity index (χ2n) is 5.61. The normalized spacial score (nSPS) is 11.8. The summed E-state index contributed by atoms with van der Waals surface area (Å²) in [6.45, 7) is 0. The number of aromatic nitrogens is 2. The predicted molar refractivity (Wildman–Crippen MR) is 98.3 cm³/mol. The van der Waals surface area contributed by atoms with Crippen LogP contribution in [0.3, 0.4) is 0 Å². The number of thiophene rings is 1. The topological polar surface area (TPSA) is 99.2 Å². The van der Waals surface area contributed by atoms with Gasteiger partial charge in [-0.25, -0.2) is 4.98 Å². The van der Waals surface area contributed by atoms with Crippen LogP contribution in [0.5, 0.6) is 5.75 Å². The van der Waals surface area contributed by atoms with Crippen LogP contribution < -0.4 is 15.8 Å². The number of hydrogen-bond donors (Lipinski definition) is 2. The highest BCUT2D eigenvalue weighted by molar-refractivity contribution is 7.12. The largest absolute Gasteiger partial charge is 0.496 e. The van der Waals surface area contributed by atoms with Gasteiger partial charge in [0.25, 0.3) is 5.91 Å². The highest BCUT2D eigenvalue weighted by Gasteiger charge is 2.25. The Hall–Kier alpha value is -3.13.